The number of aliphatic hydroxyl groups is 1. The number of hydrogen-bond donors (Lipinski definition) is 1. The van der Waals surface area contributed by atoms with E-state index >= 15 is 0 Å². The second kappa shape index (κ2) is 5.54. The van der Waals surface area contributed by atoms with Crippen molar-refractivity contribution in [2.75, 3.05) is 13.1 Å². The minimum atomic E-state index is -0.561. The Hall–Kier alpha value is -1.79. The highest BCUT2D eigenvalue weighted by molar-refractivity contribution is 5.51. The van der Waals surface area contributed by atoms with E-state index < -0.39 is 5.60 Å². The van der Waals surface area contributed by atoms with E-state index in [9.17, 15) is 9.50 Å². The zero-order valence-electron chi connectivity index (χ0n) is 11.9. The summed E-state index contributed by atoms with van der Waals surface area (Å²) in [5.41, 5.74) is 0.135. The summed E-state index contributed by atoms with van der Waals surface area (Å²) in [5.74, 6) is 0.594. The third-order valence-corrected chi connectivity index (χ3v) is 3.67. The molecule has 112 valence electrons. The molecule has 0 bridgehead atoms. The standard InChI is InChI=1S/C15H18FN3O2/c1-2-7-15(20)9-19(10-15)8-13-17-18-14(21-13)11-3-5-12(16)6-4-11/h3-6,20H,2,7-10H2,1H3. The van der Waals surface area contributed by atoms with Crippen molar-refractivity contribution in [3.05, 3.63) is 36.0 Å². The van der Waals surface area contributed by atoms with Gasteiger partial charge in [0, 0.05) is 18.7 Å². The molecule has 5 nitrogen and oxygen atoms in total. The van der Waals surface area contributed by atoms with Gasteiger partial charge < -0.3 is 9.52 Å². The number of rotatable bonds is 5. The number of benzene rings is 1. The predicted octanol–water partition coefficient (Wildman–Crippen LogP) is 2.22. The summed E-state index contributed by atoms with van der Waals surface area (Å²) in [6, 6.07) is 5.94. The van der Waals surface area contributed by atoms with Crippen molar-refractivity contribution < 1.29 is 13.9 Å². The van der Waals surface area contributed by atoms with E-state index in [4.69, 9.17) is 4.42 Å². The van der Waals surface area contributed by atoms with Gasteiger partial charge in [-0.1, -0.05) is 13.3 Å². The van der Waals surface area contributed by atoms with Crippen molar-refractivity contribution in [3.8, 4) is 11.5 Å². The quantitative estimate of drug-likeness (QED) is 0.915. The Kier molecular flexibility index (Phi) is 3.73. The van der Waals surface area contributed by atoms with Gasteiger partial charge in [-0.25, -0.2) is 4.39 Å². The minimum absolute atomic E-state index is 0.297. The normalized spacial score (nSPS) is 17.7. The Balaban J connectivity index is 1.60. The number of halogens is 1. The topological polar surface area (TPSA) is 62.4 Å². The lowest BCUT2D eigenvalue weighted by Crippen LogP contribution is -2.60. The highest BCUT2D eigenvalue weighted by Crippen LogP contribution is 2.27. The molecule has 0 aliphatic carbocycles. The maximum atomic E-state index is 12.9. The van der Waals surface area contributed by atoms with E-state index in [1.54, 1.807) is 12.1 Å². The number of likely N-dealkylation sites (tertiary alicyclic amines) is 1. The molecule has 1 aliphatic heterocycles. The molecule has 2 heterocycles. The lowest BCUT2D eigenvalue weighted by atomic mass is 9.89. The summed E-state index contributed by atoms with van der Waals surface area (Å²) in [5, 5.41) is 18.1. The average molecular weight is 291 g/mol. The van der Waals surface area contributed by atoms with Crippen LogP contribution in [-0.4, -0.2) is 38.9 Å². The smallest absolute Gasteiger partial charge is 0.247 e. The molecule has 1 saturated heterocycles. The molecule has 1 aromatic carbocycles. The molecular weight excluding hydrogens is 273 g/mol. The second-order valence-corrected chi connectivity index (χ2v) is 5.63. The Morgan fingerprint density at radius 2 is 2.00 bits per heavy atom. The number of β-amino-alcohol motifs (C(OH)–C–C–N with tert-alkyl or cyclic N) is 1. The molecule has 1 aliphatic rings. The molecule has 2 aromatic rings. The fraction of sp³-hybridized carbons (Fsp3) is 0.467. The zero-order valence-corrected chi connectivity index (χ0v) is 11.9. The molecule has 6 heteroatoms. The molecule has 3 rings (SSSR count). The summed E-state index contributed by atoms with van der Waals surface area (Å²) < 4.78 is 18.4. The van der Waals surface area contributed by atoms with E-state index in [2.05, 4.69) is 22.0 Å². The first-order valence-electron chi connectivity index (χ1n) is 7.11. The summed E-state index contributed by atoms with van der Waals surface area (Å²) in [4.78, 5) is 2.07. The first-order valence-corrected chi connectivity index (χ1v) is 7.11. The van der Waals surface area contributed by atoms with Gasteiger partial charge in [-0.3, -0.25) is 4.90 Å². The van der Waals surface area contributed by atoms with Gasteiger partial charge in [-0.05, 0) is 30.7 Å². The van der Waals surface area contributed by atoms with E-state index in [-0.39, 0.29) is 5.82 Å². The molecule has 0 saturated carbocycles. The first kappa shape index (κ1) is 14.2. The number of hydrogen-bond acceptors (Lipinski definition) is 5. The molecule has 1 aromatic heterocycles. The summed E-state index contributed by atoms with van der Waals surface area (Å²) >= 11 is 0. The Morgan fingerprint density at radius 3 is 2.67 bits per heavy atom. The van der Waals surface area contributed by atoms with E-state index in [0.717, 1.165) is 12.8 Å². The van der Waals surface area contributed by atoms with Crippen LogP contribution in [0, 0.1) is 5.82 Å². The van der Waals surface area contributed by atoms with Gasteiger partial charge in [0.05, 0.1) is 12.1 Å². The van der Waals surface area contributed by atoms with Gasteiger partial charge in [0.2, 0.25) is 11.8 Å². The van der Waals surface area contributed by atoms with Crippen LogP contribution in [0.3, 0.4) is 0 Å². The van der Waals surface area contributed by atoms with Crippen molar-refractivity contribution in [1.82, 2.24) is 15.1 Å². The minimum Gasteiger partial charge on any atom is -0.419 e. The van der Waals surface area contributed by atoms with Crippen LogP contribution >= 0.6 is 0 Å². The lowest BCUT2D eigenvalue weighted by molar-refractivity contribution is -0.109. The SMILES string of the molecule is CCCC1(O)CN(Cc2nnc(-c3ccc(F)cc3)o2)C1. The van der Waals surface area contributed by atoms with Gasteiger partial charge in [-0.15, -0.1) is 10.2 Å². The third kappa shape index (κ3) is 3.11. The van der Waals surface area contributed by atoms with Crippen LogP contribution in [0.1, 0.15) is 25.7 Å². The number of nitrogens with zero attached hydrogens (tertiary/aromatic N) is 3. The highest BCUT2D eigenvalue weighted by Gasteiger charge is 2.40. The van der Waals surface area contributed by atoms with Gasteiger partial charge >= 0.3 is 0 Å². The molecule has 21 heavy (non-hydrogen) atoms. The average Bonchev–Trinajstić information content (AvgIpc) is 2.87. The van der Waals surface area contributed by atoms with Crippen molar-refractivity contribution >= 4 is 0 Å². The predicted molar refractivity (Wildman–Crippen MR) is 74.8 cm³/mol. The molecule has 0 unspecified atom stereocenters. The van der Waals surface area contributed by atoms with Crippen molar-refractivity contribution in [2.45, 2.75) is 31.9 Å². The van der Waals surface area contributed by atoms with Crippen molar-refractivity contribution in [2.24, 2.45) is 0 Å². The van der Waals surface area contributed by atoms with Crippen molar-refractivity contribution in [3.63, 3.8) is 0 Å². The van der Waals surface area contributed by atoms with Crippen LogP contribution in [0.4, 0.5) is 4.39 Å². The van der Waals surface area contributed by atoms with Crippen LogP contribution in [0.2, 0.25) is 0 Å². The third-order valence-electron chi connectivity index (χ3n) is 3.67. The van der Waals surface area contributed by atoms with Crippen molar-refractivity contribution in [1.29, 1.82) is 0 Å². The highest BCUT2D eigenvalue weighted by atomic mass is 19.1. The van der Waals surface area contributed by atoms with Crippen LogP contribution in [-0.2, 0) is 6.54 Å². The fourth-order valence-electron chi connectivity index (χ4n) is 2.74. The van der Waals surface area contributed by atoms with Crippen LogP contribution in [0.15, 0.2) is 28.7 Å². The summed E-state index contributed by atoms with van der Waals surface area (Å²) in [6.45, 7) is 3.86. The number of aromatic nitrogens is 2. The van der Waals surface area contributed by atoms with E-state index in [0.29, 0.717) is 37.0 Å². The van der Waals surface area contributed by atoms with E-state index in [1.165, 1.54) is 12.1 Å². The maximum absolute atomic E-state index is 12.9. The van der Waals surface area contributed by atoms with Gasteiger partial charge in [0.25, 0.3) is 0 Å². The zero-order chi connectivity index (χ0) is 14.9. The fourth-order valence-corrected chi connectivity index (χ4v) is 2.74. The lowest BCUT2D eigenvalue weighted by Gasteiger charge is -2.46. The van der Waals surface area contributed by atoms with Gasteiger partial charge in [-0.2, -0.15) is 0 Å². The molecule has 0 amide bonds. The maximum Gasteiger partial charge on any atom is 0.247 e. The Labute approximate surface area is 122 Å². The first-order chi connectivity index (χ1) is 10.1. The Morgan fingerprint density at radius 1 is 1.29 bits per heavy atom. The Bertz CT molecular complexity index is 606. The summed E-state index contributed by atoms with van der Waals surface area (Å²) in [6.07, 6.45) is 1.79. The van der Waals surface area contributed by atoms with E-state index in [1.807, 2.05) is 0 Å². The van der Waals surface area contributed by atoms with Gasteiger partial charge in [0.1, 0.15) is 5.82 Å². The van der Waals surface area contributed by atoms with Crippen LogP contribution in [0.5, 0.6) is 0 Å². The second-order valence-electron chi connectivity index (χ2n) is 5.63. The molecule has 0 atom stereocenters. The summed E-state index contributed by atoms with van der Waals surface area (Å²) in [7, 11) is 0. The molecule has 0 radical (unpaired) electrons. The largest absolute Gasteiger partial charge is 0.419 e. The molecule has 0 spiro atoms. The van der Waals surface area contributed by atoms with Crippen LogP contribution < -0.4 is 0 Å². The monoisotopic (exact) mass is 291 g/mol. The molecule has 1 N–H and O–H groups in total. The molecule has 1 fully saturated rings. The van der Waals surface area contributed by atoms with Crippen LogP contribution in [0.25, 0.3) is 11.5 Å². The van der Waals surface area contributed by atoms with Gasteiger partial charge in [0.15, 0.2) is 0 Å². The molecular formula is C15H18FN3O2.